The molecule has 0 radical (unpaired) electrons. The molecular weight excluding hydrogens is 699 g/mol. The van der Waals surface area contributed by atoms with Gasteiger partial charge in [0.05, 0.1) is 0 Å². The molecule has 0 aromatic heterocycles. The second-order valence-electron chi connectivity index (χ2n) is 12.9. The molecule has 0 saturated heterocycles. The molecule has 0 amide bonds. The summed E-state index contributed by atoms with van der Waals surface area (Å²) in [5.74, 6) is 0. The van der Waals surface area contributed by atoms with Crippen LogP contribution in [-0.4, -0.2) is 8.07 Å². The molecule has 6 rings (SSSR count). The molecule has 48 heavy (non-hydrogen) atoms. The monoisotopic (exact) mass is 744 g/mol. The number of rotatable bonds is 13. The second kappa shape index (κ2) is 18.2. The molecule has 0 aliphatic heterocycles. The van der Waals surface area contributed by atoms with Gasteiger partial charge in [-0.05, 0) is 81.9 Å². The molecule has 0 heterocycles. The quantitative estimate of drug-likeness (QED) is 0.0640. The van der Waals surface area contributed by atoms with E-state index in [1.807, 2.05) is 0 Å². The van der Waals surface area contributed by atoms with E-state index >= 15 is 0 Å². The number of unbranched alkanes of at least 4 members (excludes halogenated alkanes) is 3. The standard InChI is InChI=1S/C43H47Si.3ClH.Ti/c1-4-7-14-33-21-27-36(28-22-33)44(37-29-23-34(24-30-37)15-8-5-2,38-31-25-35(26-32-38)16-9-6-3)43-41-19-12-10-17-39(41)40-18-11-13-20-42(40)43;;;;/h10-13,17-19,21-32,43H,4-9,14-16H2,1-3H3;3*1H;/q-1;;;;+4/p-3. The van der Waals surface area contributed by atoms with Gasteiger partial charge in [-0.1, -0.05) is 143 Å². The predicted octanol–water partition coefficient (Wildman–Crippen LogP) is 11.4. The molecule has 5 aromatic rings. The van der Waals surface area contributed by atoms with Gasteiger partial charge in [0.25, 0.3) is 0 Å². The van der Waals surface area contributed by atoms with Crippen molar-refractivity contribution in [2.45, 2.75) is 84.1 Å². The van der Waals surface area contributed by atoms with E-state index in [1.165, 1.54) is 93.0 Å². The fraction of sp³-hybridized carbons (Fsp3) is 0.302. The van der Waals surface area contributed by atoms with Crippen molar-refractivity contribution in [2.24, 2.45) is 0 Å². The van der Waals surface area contributed by atoms with E-state index in [9.17, 15) is 0 Å². The van der Waals surface area contributed by atoms with Crippen LogP contribution in [0.3, 0.4) is 0 Å². The fourth-order valence-corrected chi connectivity index (χ4v) is 12.9. The van der Waals surface area contributed by atoms with Crippen LogP contribution in [0.5, 0.6) is 0 Å². The maximum absolute atomic E-state index is 4.97. The molecule has 248 valence electrons. The Labute approximate surface area is 308 Å². The Hall–Kier alpha value is -2.10. The van der Waals surface area contributed by atoms with Gasteiger partial charge in [0.2, 0.25) is 0 Å². The first-order valence-electron chi connectivity index (χ1n) is 17.7. The third kappa shape index (κ3) is 8.43. The summed E-state index contributed by atoms with van der Waals surface area (Å²) in [7, 11) is 12.2. The van der Waals surface area contributed by atoms with Gasteiger partial charge in [0.1, 0.15) is 0 Å². The molecule has 0 bridgehead atoms. The van der Waals surface area contributed by atoms with E-state index in [0.717, 1.165) is 19.3 Å². The molecule has 0 fully saturated rings. The van der Waals surface area contributed by atoms with Crippen molar-refractivity contribution in [1.82, 2.24) is 0 Å². The summed E-state index contributed by atoms with van der Waals surface area (Å²) < 4.78 is 0. The van der Waals surface area contributed by atoms with Crippen molar-refractivity contribution in [3.63, 3.8) is 0 Å². The molecule has 0 nitrogen and oxygen atoms in total. The van der Waals surface area contributed by atoms with Crippen LogP contribution in [0.15, 0.2) is 115 Å². The van der Waals surface area contributed by atoms with Gasteiger partial charge in [-0.2, -0.15) is 24.3 Å². The van der Waals surface area contributed by atoms with Gasteiger partial charge in [-0.15, -0.1) is 11.1 Å². The molecule has 5 heteroatoms. The summed E-state index contributed by atoms with van der Waals surface area (Å²) >= 11 is -1.92. The molecule has 1 unspecified atom stereocenters. The van der Waals surface area contributed by atoms with Gasteiger partial charge in [0.15, 0.2) is 8.07 Å². The molecule has 0 spiro atoms. The Kier molecular flexibility index (Phi) is 14.1. The number of aryl methyl sites for hydroxylation is 3. The Bertz CT molecular complexity index is 1540. The Morgan fingerprint density at radius 2 is 0.938 bits per heavy atom. The van der Waals surface area contributed by atoms with Crippen LogP contribution in [-0.2, 0) is 34.0 Å². The first-order chi connectivity index (χ1) is 23.4. The molecule has 5 aromatic carbocycles. The van der Waals surface area contributed by atoms with E-state index in [1.54, 1.807) is 0 Å². The number of hydrogen-bond acceptors (Lipinski definition) is 0. The van der Waals surface area contributed by atoms with Crippen LogP contribution in [0.1, 0.15) is 92.7 Å². The molecule has 1 aliphatic carbocycles. The number of hydrogen-bond donors (Lipinski definition) is 0. The van der Waals surface area contributed by atoms with E-state index in [0.29, 0.717) is 0 Å². The van der Waals surface area contributed by atoms with Gasteiger partial charge >= 0.3 is 42.6 Å². The summed E-state index contributed by atoms with van der Waals surface area (Å²) in [4.78, 5) is 0. The minimum absolute atomic E-state index is 0.236. The second-order valence-corrected chi connectivity index (χ2v) is 24.6. The van der Waals surface area contributed by atoms with Crippen LogP contribution >= 0.6 is 27.9 Å². The van der Waals surface area contributed by atoms with Crippen molar-refractivity contribution in [3.05, 3.63) is 149 Å². The minimum atomic E-state index is -2.69. The normalized spacial score (nSPS) is 13.3. The third-order valence-corrected chi connectivity index (χ3v) is 15.1. The maximum atomic E-state index is 4.97. The summed E-state index contributed by atoms with van der Waals surface area (Å²) in [6.07, 6.45) is 10.8. The molecule has 1 atom stereocenters. The number of fused-ring (bicyclic) bond motifs is 3. The zero-order valence-corrected chi connectivity index (χ0v) is 33.4. The van der Waals surface area contributed by atoms with Crippen LogP contribution in [0, 0.1) is 6.07 Å². The zero-order valence-electron chi connectivity index (χ0n) is 28.5. The average molecular weight is 746 g/mol. The Morgan fingerprint density at radius 1 is 0.542 bits per heavy atom. The Morgan fingerprint density at radius 3 is 1.35 bits per heavy atom. The topological polar surface area (TPSA) is 0 Å². The van der Waals surface area contributed by atoms with E-state index < -0.39 is 22.8 Å². The Balaban J connectivity index is 0.00000107. The van der Waals surface area contributed by atoms with Crippen LogP contribution in [0.4, 0.5) is 0 Å². The molecule has 0 saturated carbocycles. The first kappa shape index (κ1) is 37.2. The van der Waals surface area contributed by atoms with Gasteiger partial charge in [-0.3, -0.25) is 0 Å². The zero-order chi connectivity index (χ0) is 33.9. The fourth-order valence-electron chi connectivity index (χ4n) is 7.47. The molecular formula is C43H47Cl3SiTi. The van der Waals surface area contributed by atoms with Crippen LogP contribution in [0.2, 0.25) is 0 Å². The summed E-state index contributed by atoms with van der Waals surface area (Å²) in [5, 5.41) is 4.47. The first-order valence-corrected chi connectivity index (χ1v) is 26.2. The van der Waals surface area contributed by atoms with Crippen molar-refractivity contribution in [1.29, 1.82) is 0 Å². The van der Waals surface area contributed by atoms with Crippen LogP contribution in [0.25, 0.3) is 11.1 Å². The van der Waals surface area contributed by atoms with E-state index in [4.69, 9.17) is 27.9 Å². The SMILES string of the molecule is CCCCc1ccc([Si](c2ccc(CCCC)cc2)(c2ccc(CCCC)cc2)C2c3[c-]cccc3-c3ccccc32)cc1.[Cl][Ti+]([Cl])[Cl]. The van der Waals surface area contributed by atoms with Crippen LogP contribution < -0.4 is 15.6 Å². The summed E-state index contributed by atoms with van der Waals surface area (Å²) in [5.41, 5.74) is 10.1. The summed E-state index contributed by atoms with van der Waals surface area (Å²) in [6.45, 7) is 6.85. The van der Waals surface area contributed by atoms with E-state index in [-0.39, 0.29) is 5.54 Å². The van der Waals surface area contributed by atoms with Crippen molar-refractivity contribution >= 4 is 51.5 Å². The third-order valence-electron chi connectivity index (χ3n) is 9.86. The number of benzene rings is 5. The number of halogens is 3. The van der Waals surface area contributed by atoms with E-state index in [2.05, 4.69) is 142 Å². The van der Waals surface area contributed by atoms with Crippen molar-refractivity contribution < 1.29 is 14.7 Å². The van der Waals surface area contributed by atoms with Crippen molar-refractivity contribution in [2.75, 3.05) is 0 Å². The summed E-state index contributed by atoms with van der Waals surface area (Å²) in [6, 6.07) is 49.1. The molecule has 0 N–H and O–H groups in total. The van der Waals surface area contributed by atoms with Gasteiger partial charge in [0, 0.05) is 0 Å². The van der Waals surface area contributed by atoms with Gasteiger partial charge in [-0.25, -0.2) is 0 Å². The van der Waals surface area contributed by atoms with Crippen molar-refractivity contribution in [3.8, 4) is 11.1 Å². The molecule has 1 aliphatic rings. The van der Waals surface area contributed by atoms with Gasteiger partial charge < -0.3 is 0 Å². The predicted molar refractivity (Wildman–Crippen MR) is 210 cm³/mol. The average Bonchev–Trinajstić information content (AvgIpc) is 3.45.